The summed E-state index contributed by atoms with van der Waals surface area (Å²) in [5, 5.41) is 14.2. The summed E-state index contributed by atoms with van der Waals surface area (Å²) in [6.45, 7) is 11.7. The lowest BCUT2D eigenvalue weighted by Gasteiger charge is -2.24. The largest absolute Gasteiger partial charge is 0.507 e. The highest BCUT2D eigenvalue weighted by molar-refractivity contribution is 6.11. The first kappa shape index (κ1) is 28.4. The Labute approximate surface area is 225 Å². The molecule has 0 spiro atoms. The lowest BCUT2D eigenvalue weighted by molar-refractivity contribution is -0.0886. The van der Waals surface area contributed by atoms with Gasteiger partial charge in [-0.15, -0.1) is 0 Å². The topological polar surface area (TPSA) is 78.9 Å². The van der Waals surface area contributed by atoms with Gasteiger partial charge in [0, 0.05) is 21.5 Å². The summed E-state index contributed by atoms with van der Waals surface area (Å²) in [6, 6.07) is 13.5. The summed E-state index contributed by atoms with van der Waals surface area (Å²) in [7, 11) is 0. The molecule has 1 N–H and O–H groups in total. The molecular formula is C31H42O7. The fraction of sp³-hybridized carbons (Fsp3) is 0.548. The van der Waals surface area contributed by atoms with E-state index < -0.39 is 0 Å². The van der Waals surface area contributed by atoms with Crippen molar-refractivity contribution in [2.75, 3.05) is 39.6 Å². The summed E-state index contributed by atoms with van der Waals surface area (Å²) < 4.78 is 35.6. The van der Waals surface area contributed by atoms with Gasteiger partial charge in [0.25, 0.3) is 0 Å². The van der Waals surface area contributed by atoms with E-state index in [1.54, 1.807) is 0 Å². The van der Waals surface area contributed by atoms with Gasteiger partial charge in [-0.2, -0.15) is 0 Å². The maximum atomic E-state index is 11.0. The van der Waals surface area contributed by atoms with Gasteiger partial charge in [0.05, 0.1) is 51.3 Å². The Bertz CT molecular complexity index is 1160. The van der Waals surface area contributed by atoms with Crippen molar-refractivity contribution in [2.45, 2.75) is 71.4 Å². The van der Waals surface area contributed by atoms with E-state index in [2.05, 4.69) is 20.8 Å². The van der Waals surface area contributed by atoms with Crippen molar-refractivity contribution in [3.8, 4) is 17.2 Å². The van der Waals surface area contributed by atoms with Crippen molar-refractivity contribution in [1.82, 2.24) is 0 Å². The second kappa shape index (κ2) is 14.0. The third-order valence-electron chi connectivity index (χ3n) is 6.96. The van der Waals surface area contributed by atoms with E-state index in [9.17, 15) is 5.11 Å². The molecule has 0 radical (unpaired) electrons. The molecule has 3 aromatic rings. The number of hydrogen-bond acceptors (Lipinski definition) is 7. The Hall–Kier alpha value is -2.58. The Kier molecular flexibility index (Phi) is 10.5. The maximum absolute atomic E-state index is 11.0. The van der Waals surface area contributed by atoms with Crippen LogP contribution in [0.4, 0.5) is 0 Å². The van der Waals surface area contributed by atoms with E-state index >= 15 is 0 Å². The number of rotatable bonds is 17. The highest BCUT2D eigenvalue weighted by Crippen LogP contribution is 2.43. The normalized spacial score (nSPS) is 17.4. The van der Waals surface area contributed by atoms with Crippen LogP contribution in [0.5, 0.6) is 17.2 Å². The fourth-order valence-electron chi connectivity index (χ4n) is 4.43. The van der Waals surface area contributed by atoms with Gasteiger partial charge < -0.3 is 33.5 Å². The highest BCUT2D eigenvalue weighted by atomic mass is 16.6. The molecule has 1 heterocycles. The molecule has 4 unspecified atom stereocenters. The molecule has 0 amide bonds. The van der Waals surface area contributed by atoms with Gasteiger partial charge in [-0.3, -0.25) is 0 Å². The second-order valence-electron chi connectivity index (χ2n) is 9.72. The van der Waals surface area contributed by atoms with Gasteiger partial charge in [-0.1, -0.05) is 45.0 Å². The molecular weight excluding hydrogens is 484 g/mol. The van der Waals surface area contributed by atoms with Gasteiger partial charge in [0.1, 0.15) is 30.0 Å². The minimum atomic E-state index is -0.0943. The van der Waals surface area contributed by atoms with E-state index in [1.807, 2.05) is 49.4 Å². The molecule has 1 fully saturated rings. The molecule has 1 aliphatic rings. The third-order valence-corrected chi connectivity index (χ3v) is 6.96. The van der Waals surface area contributed by atoms with E-state index in [1.165, 1.54) is 0 Å². The van der Waals surface area contributed by atoms with Crippen LogP contribution in [0.2, 0.25) is 0 Å². The van der Waals surface area contributed by atoms with Crippen LogP contribution in [0, 0.1) is 0 Å². The zero-order valence-electron chi connectivity index (χ0n) is 23.1. The summed E-state index contributed by atoms with van der Waals surface area (Å²) in [6.07, 6.45) is 2.78. The van der Waals surface area contributed by atoms with E-state index in [0.717, 1.165) is 47.8 Å². The molecule has 1 saturated heterocycles. The molecule has 0 aromatic heterocycles. The highest BCUT2D eigenvalue weighted by Gasteiger charge is 2.24. The summed E-state index contributed by atoms with van der Waals surface area (Å²) in [4.78, 5) is 0. The number of epoxide rings is 1. The van der Waals surface area contributed by atoms with E-state index in [-0.39, 0.29) is 30.2 Å². The lowest BCUT2D eigenvalue weighted by Crippen LogP contribution is -2.30. The zero-order valence-corrected chi connectivity index (χ0v) is 23.1. The molecule has 7 heteroatoms. The predicted octanol–water partition coefficient (Wildman–Crippen LogP) is 6.26. The molecule has 4 atom stereocenters. The van der Waals surface area contributed by atoms with Crippen LogP contribution in [0.3, 0.4) is 0 Å². The van der Waals surface area contributed by atoms with Crippen molar-refractivity contribution >= 4 is 21.5 Å². The van der Waals surface area contributed by atoms with Gasteiger partial charge in [-0.25, -0.2) is 0 Å². The average Bonchev–Trinajstić information content (AvgIpc) is 3.78. The Morgan fingerprint density at radius 1 is 0.763 bits per heavy atom. The van der Waals surface area contributed by atoms with Gasteiger partial charge in [0.15, 0.2) is 0 Å². The van der Waals surface area contributed by atoms with Crippen LogP contribution >= 0.6 is 0 Å². The standard InChI is InChI=1S/C31H42O7/c1-5-21(34-17-22(6-2)36-19-25-20-37-25)16-35-23(7-3)18-38-31-27-12-10-9-11-26(27)30(32)29-15-24(33-8-4)13-14-28(29)31/h9-15,21-23,25,32H,5-8,16-20H2,1-4H3. The number of hydrogen-bond donors (Lipinski definition) is 1. The molecule has 0 saturated carbocycles. The third kappa shape index (κ3) is 7.29. The Morgan fingerprint density at radius 3 is 2.00 bits per heavy atom. The van der Waals surface area contributed by atoms with Crippen LogP contribution in [0.15, 0.2) is 42.5 Å². The molecule has 4 rings (SSSR count). The van der Waals surface area contributed by atoms with Gasteiger partial charge in [0.2, 0.25) is 0 Å². The van der Waals surface area contributed by atoms with Crippen LogP contribution in [-0.2, 0) is 18.9 Å². The van der Waals surface area contributed by atoms with Crippen molar-refractivity contribution in [2.24, 2.45) is 0 Å². The molecule has 0 bridgehead atoms. The number of ether oxygens (including phenoxy) is 6. The summed E-state index contributed by atoms with van der Waals surface area (Å²) in [5.74, 6) is 1.69. The number of aromatic hydroxyl groups is 1. The quantitative estimate of drug-likeness (QED) is 0.164. The number of phenolic OH excluding ortho intramolecular Hbond substituents is 1. The van der Waals surface area contributed by atoms with Crippen molar-refractivity contribution in [3.63, 3.8) is 0 Å². The van der Waals surface area contributed by atoms with Gasteiger partial charge >= 0.3 is 0 Å². The molecule has 208 valence electrons. The van der Waals surface area contributed by atoms with Gasteiger partial charge in [-0.05, 0) is 44.4 Å². The minimum absolute atomic E-state index is 0.00815. The smallest absolute Gasteiger partial charge is 0.135 e. The van der Waals surface area contributed by atoms with E-state index in [0.29, 0.717) is 44.2 Å². The van der Waals surface area contributed by atoms with Crippen LogP contribution in [-0.4, -0.2) is 69.2 Å². The Balaban J connectivity index is 1.40. The maximum Gasteiger partial charge on any atom is 0.135 e. The molecule has 38 heavy (non-hydrogen) atoms. The molecule has 7 nitrogen and oxygen atoms in total. The predicted molar refractivity (Wildman–Crippen MR) is 150 cm³/mol. The van der Waals surface area contributed by atoms with E-state index in [4.69, 9.17) is 28.4 Å². The first-order valence-electron chi connectivity index (χ1n) is 14.0. The average molecular weight is 527 g/mol. The molecule has 3 aromatic carbocycles. The van der Waals surface area contributed by atoms with Crippen molar-refractivity contribution < 1.29 is 33.5 Å². The lowest BCUT2D eigenvalue weighted by atomic mass is 10.0. The van der Waals surface area contributed by atoms with Crippen LogP contribution in [0.1, 0.15) is 47.0 Å². The summed E-state index contributed by atoms with van der Waals surface area (Å²) >= 11 is 0. The molecule has 0 aliphatic carbocycles. The number of fused-ring (bicyclic) bond motifs is 2. The first-order valence-corrected chi connectivity index (χ1v) is 14.0. The van der Waals surface area contributed by atoms with Crippen molar-refractivity contribution in [3.05, 3.63) is 42.5 Å². The van der Waals surface area contributed by atoms with Crippen LogP contribution in [0.25, 0.3) is 21.5 Å². The first-order chi connectivity index (χ1) is 18.6. The number of phenols is 1. The second-order valence-corrected chi connectivity index (χ2v) is 9.72. The van der Waals surface area contributed by atoms with Crippen molar-refractivity contribution in [1.29, 1.82) is 0 Å². The minimum Gasteiger partial charge on any atom is -0.507 e. The SMILES string of the molecule is CCOc1ccc2c(OCC(CC)OCC(CC)OCC(CC)OCC3CO3)c3ccccc3c(O)c2c1. The summed E-state index contributed by atoms with van der Waals surface area (Å²) in [5.41, 5.74) is 0. The monoisotopic (exact) mass is 526 g/mol. The molecule has 1 aliphatic heterocycles. The number of benzene rings is 3. The van der Waals surface area contributed by atoms with Crippen LogP contribution < -0.4 is 9.47 Å². The zero-order chi connectivity index (χ0) is 26.9. The fourth-order valence-corrected chi connectivity index (χ4v) is 4.43. The Morgan fingerprint density at radius 2 is 1.37 bits per heavy atom.